The van der Waals surface area contributed by atoms with Gasteiger partial charge in [0.15, 0.2) is 0 Å². The first kappa shape index (κ1) is 22.2. The van der Waals surface area contributed by atoms with Gasteiger partial charge in [0.05, 0.1) is 17.3 Å². The summed E-state index contributed by atoms with van der Waals surface area (Å²) in [5, 5.41) is 0. The van der Waals surface area contributed by atoms with Crippen molar-refractivity contribution in [3.63, 3.8) is 0 Å². The first-order valence-electron chi connectivity index (χ1n) is 10.1. The highest BCUT2D eigenvalue weighted by Crippen LogP contribution is 2.31. The number of aromatic nitrogens is 2. The van der Waals surface area contributed by atoms with Gasteiger partial charge in [-0.1, -0.05) is 36.4 Å². The third-order valence-corrected chi connectivity index (χ3v) is 5.07. The Balaban J connectivity index is 1.53. The number of carbonyl (C=O) groups excluding carboxylic acids is 2. The molecule has 1 aliphatic rings. The number of hydrogen-bond acceptors (Lipinski definition) is 7. The SMILES string of the molecule is O=C(OC[C@@H]1O[C@H](n2cc(F)c(=O)[nH]c2=O)C[C@@H]1OC(=O)c1ccccc1)c1ccccc1. The lowest BCUT2D eigenvalue weighted by Crippen LogP contribution is -2.34. The minimum absolute atomic E-state index is 0.0302. The van der Waals surface area contributed by atoms with Gasteiger partial charge < -0.3 is 14.2 Å². The summed E-state index contributed by atoms with van der Waals surface area (Å²) in [5.74, 6) is -2.41. The van der Waals surface area contributed by atoms with Gasteiger partial charge in [-0.05, 0) is 24.3 Å². The molecule has 0 unspecified atom stereocenters. The van der Waals surface area contributed by atoms with Gasteiger partial charge in [-0.25, -0.2) is 14.4 Å². The number of carbonyl (C=O) groups is 2. The molecule has 4 rings (SSSR count). The molecule has 3 aromatic rings. The first-order chi connectivity index (χ1) is 15.9. The fraction of sp³-hybridized carbons (Fsp3) is 0.217. The van der Waals surface area contributed by atoms with E-state index in [1.807, 2.05) is 4.98 Å². The molecule has 0 saturated carbocycles. The maximum atomic E-state index is 13.8. The lowest BCUT2D eigenvalue weighted by atomic mass is 10.1. The van der Waals surface area contributed by atoms with E-state index in [-0.39, 0.29) is 13.0 Å². The zero-order chi connectivity index (χ0) is 23.4. The Bertz CT molecular complexity index is 1260. The number of hydrogen-bond donors (Lipinski definition) is 1. The summed E-state index contributed by atoms with van der Waals surface area (Å²) >= 11 is 0. The van der Waals surface area contributed by atoms with Crippen molar-refractivity contribution in [3.8, 4) is 0 Å². The Morgan fingerprint density at radius 1 is 1.00 bits per heavy atom. The van der Waals surface area contributed by atoms with Crippen molar-refractivity contribution >= 4 is 11.9 Å². The predicted octanol–water partition coefficient (Wildman–Crippen LogP) is 2.05. The number of nitrogens with zero attached hydrogens (tertiary/aromatic N) is 1. The molecule has 2 heterocycles. The predicted molar refractivity (Wildman–Crippen MR) is 112 cm³/mol. The van der Waals surface area contributed by atoms with Gasteiger partial charge in [0.2, 0.25) is 5.82 Å². The average molecular weight is 454 g/mol. The molecule has 0 amide bonds. The van der Waals surface area contributed by atoms with E-state index >= 15 is 0 Å². The number of rotatable bonds is 6. The quantitative estimate of drug-likeness (QED) is 0.567. The highest BCUT2D eigenvalue weighted by Gasteiger charge is 2.40. The minimum atomic E-state index is -1.17. The van der Waals surface area contributed by atoms with Gasteiger partial charge in [0, 0.05) is 6.42 Å². The molecule has 2 aromatic carbocycles. The van der Waals surface area contributed by atoms with Crippen molar-refractivity contribution in [1.29, 1.82) is 0 Å². The number of esters is 2. The van der Waals surface area contributed by atoms with Crippen LogP contribution in [0.5, 0.6) is 0 Å². The zero-order valence-corrected chi connectivity index (χ0v) is 17.2. The van der Waals surface area contributed by atoms with E-state index in [1.54, 1.807) is 60.7 Å². The third kappa shape index (κ3) is 5.07. The third-order valence-electron chi connectivity index (χ3n) is 5.07. The van der Waals surface area contributed by atoms with Crippen molar-refractivity contribution in [2.24, 2.45) is 0 Å². The number of nitrogens with one attached hydrogen (secondary N) is 1. The van der Waals surface area contributed by atoms with Crippen LogP contribution in [0.3, 0.4) is 0 Å². The number of aromatic amines is 1. The van der Waals surface area contributed by atoms with Gasteiger partial charge >= 0.3 is 17.6 Å². The summed E-state index contributed by atoms with van der Waals surface area (Å²) in [6.07, 6.45) is -2.21. The summed E-state index contributed by atoms with van der Waals surface area (Å²) in [6.45, 7) is -0.280. The van der Waals surface area contributed by atoms with Gasteiger partial charge in [0.1, 0.15) is 25.0 Å². The van der Waals surface area contributed by atoms with Crippen LogP contribution in [-0.4, -0.2) is 40.3 Å². The van der Waals surface area contributed by atoms with Crippen molar-refractivity contribution < 1.29 is 28.2 Å². The summed E-state index contributed by atoms with van der Waals surface area (Å²) in [6, 6.07) is 16.5. The van der Waals surface area contributed by atoms with Crippen LogP contribution in [0, 0.1) is 5.82 Å². The van der Waals surface area contributed by atoms with E-state index < -0.39 is 47.4 Å². The molecule has 170 valence electrons. The van der Waals surface area contributed by atoms with Gasteiger partial charge in [-0.15, -0.1) is 0 Å². The number of H-pyrrole nitrogens is 1. The Morgan fingerprint density at radius 3 is 2.24 bits per heavy atom. The van der Waals surface area contributed by atoms with E-state index in [2.05, 4.69) is 0 Å². The van der Waals surface area contributed by atoms with Gasteiger partial charge in [-0.3, -0.25) is 14.3 Å². The molecule has 3 atom stereocenters. The summed E-state index contributed by atoms with van der Waals surface area (Å²) in [4.78, 5) is 50.2. The molecule has 1 fully saturated rings. The maximum Gasteiger partial charge on any atom is 0.338 e. The molecule has 1 N–H and O–H groups in total. The molecule has 9 nitrogen and oxygen atoms in total. The van der Waals surface area contributed by atoms with Crippen LogP contribution in [0.2, 0.25) is 0 Å². The first-order valence-corrected chi connectivity index (χ1v) is 10.1. The van der Waals surface area contributed by atoms with Crippen LogP contribution in [0.25, 0.3) is 0 Å². The normalized spacial score (nSPS) is 19.7. The molecule has 0 bridgehead atoms. The Labute approximate surface area is 186 Å². The molecule has 1 aromatic heterocycles. The lowest BCUT2D eigenvalue weighted by molar-refractivity contribution is -0.0584. The molecule has 33 heavy (non-hydrogen) atoms. The minimum Gasteiger partial charge on any atom is -0.459 e. The van der Waals surface area contributed by atoms with Crippen LogP contribution in [0.1, 0.15) is 33.4 Å². The largest absolute Gasteiger partial charge is 0.459 e. The van der Waals surface area contributed by atoms with E-state index in [0.29, 0.717) is 11.1 Å². The van der Waals surface area contributed by atoms with E-state index in [1.165, 1.54) is 0 Å². The summed E-state index contributed by atoms with van der Waals surface area (Å²) in [5.41, 5.74) is -1.42. The molecular weight excluding hydrogens is 435 g/mol. The number of ether oxygens (including phenoxy) is 3. The molecule has 1 aliphatic heterocycles. The highest BCUT2D eigenvalue weighted by molar-refractivity contribution is 5.90. The molecule has 10 heteroatoms. The van der Waals surface area contributed by atoms with Crippen LogP contribution >= 0.6 is 0 Å². The summed E-state index contributed by atoms with van der Waals surface area (Å²) in [7, 11) is 0. The van der Waals surface area contributed by atoms with Crippen molar-refractivity contribution in [2.45, 2.75) is 24.9 Å². The summed E-state index contributed by atoms with van der Waals surface area (Å²) < 4.78 is 31.3. The van der Waals surface area contributed by atoms with Crippen molar-refractivity contribution in [2.75, 3.05) is 6.61 Å². The Morgan fingerprint density at radius 2 is 1.61 bits per heavy atom. The molecule has 1 saturated heterocycles. The maximum absolute atomic E-state index is 13.8. The fourth-order valence-corrected chi connectivity index (χ4v) is 3.42. The topological polar surface area (TPSA) is 117 Å². The van der Waals surface area contributed by atoms with Crippen LogP contribution < -0.4 is 11.2 Å². The lowest BCUT2D eigenvalue weighted by Gasteiger charge is -2.19. The molecule has 0 aliphatic carbocycles. The van der Waals surface area contributed by atoms with Gasteiger partial charge in [0.25, 0.3) is 5.56 Å². The molecular formula is C23H19FN2O7. The highest BCUT2D eigenvalue weighted by atomic mass is 19.1. The standard InChI is InChI=1S/C23H19FN2O7/c24-16-12-26(23(30)25-20(16)27)19-11-17(33-22(29)15-9-5-2-6-10-15)18(32-19)13-31-21(28)14-7-3-1-4-8-14/h1-10,12,17-19H,11,13H2,(H,25,27,30)/t17-,18-,19-/m0/s1. The monoisotopic (exact) mass is 454 g/mol. The Kier molecular flexibility index (Phi) is 6.45. The van der Waals surface area contributed by atoms with Crippen LogP contribution in [-0.2, 0) is 14.2 Å². The van der Waals surface area contributed by atoms with Crippen molar-refractivity contribution in [1.82, 2.24) is 9.55 Å². The van der Waals surface area contributed by atoms with Crippen LogP contribution in [0.4, 0.5) is 4.39 Å². The smallest absolute Gasteiger partial charge is 0.338 e. The van der Waals surface area contributed by atoms with E-state index in [9.17, 15) is 23.6 Å². The second-order valence-corrected chi connectivity index (χ2v) is 7.28. The fourth-order valence-electron chi connectivity index (χ4n) is 3.42. The van der Waals surface area contributed by atoms with Crippen molar-refractivity contribution in [3.05, 3.63) is 105 Å². The number of benzene rings is 2. The second kappa shape index (κ2) is 9.61. The average Bonchev–Trinajstić information content (AvgIpc) is 3.23. The number of halogens is 1. The second-order valence-electron chi connectivity index (χ2n) is 7.28. The van der Waals surface area contributed by atoms with E-state index in [0.717, 1.165) is 10.8 Å². The molecule has 0 spiro atoms. The molecule has 0 radical (unpaired) electrons. The Hall–Kier alpha value is -4.05. The zero-order valence-electron chi connectivity index (χ0n) is 17.2. The van der Waals surface area contributed by atoms with Crippen LogP contribution in [0.15, 0.2) is 76.4 Å². The van der Waals surface area contributed by atoms with E-state index in [4.69, 9.17) is 14.2 Å². The van der Waals surface area contributed by atoms with Gasteiger partial charge in [-0.2, -0.15) is 4.39 Å².